The number of aliphatic hydroxyl groups excluding tert-OH is 1. The number of ether oxygens (including phenoxy) is 1. The first-order valence-electron chi connectivity index (χ1n) is 8.81. The summed E-state index contributed by atoms with van der Waals surface area (Å²) in [5.74, 6) is -0.889. The van der Waals surface area contributed by atoms with Gasteiger partial charge in [-0.25, -0.2) is 4.79 Å². The van der Waals surface area contributed by atoms with Crippen LogP contribution in [0.2, 0.25) is 0 Å². The van der Waals surface area contributed by atoms with Crippen molar-refractivity contribution in [3.63, 3.8) is 0 Å². The van der Waals surface area contributed by atoms with Gasteiger partial charge in [-0.1, -0.05) is 30.3 Å². The number of β-amino-alcohol motifs (C(OH)–C–C–N with tert-alkyl or cyclic N) is 1. The molecule has 0 radical (unpaired) electrons. The average molecular weight is 398 g/mol. The van der Waals surface area contributed by atoms with Gasteiger partial charge in [0.05, 0.1) is 25.8 Å². The summed E-state index contributed by atoms with van der Waals surface area (Å²) >= 11 is 1.67. The first kappa shape index (κ1) is 20.0. The fourth-order valence-corrected chi connectivity index (χ4v) is 3.51. The molecule has 1 amide bonds. The third-order valence-corrected chi connectivity index (χ3v) is 5.28. The molecule has 146 valence electrons. The Kier molecular flexibility index (Phi) is 6.38. The Labute approximate surface area is 168 Å². The van der Waals surface area contributed by atoms with E-state index >= 15 is 0 Å². The van der Waals surface area contributed by atoms with Crippen LogP contribution in [0.3, 0.4) is 0 Å². The number of aliphatic hydroxyl groups is 1. The van der Waals surface area contributed by atoms with Gasteiger partial charge >= 0.3 is 5.97 Å². The summed E-state index contributed by atoms with van der Waals surface area (Å²) in [6.45, 7) is 0.0904. The number of methoxy groups -OCH3 is 1. The number of para-hydroxylation sites is 1. The van der Waals surface area contributed by atoms with Crippen molar-refractivity contribution < 1.29 is 19.4 Å². The van der Waals surface area contributed by atoms with Gasteiger partial charge in [0, 0.05) is 22.7 Å². The Morgan fingerprint density at radius 1 is 1.21 bits per heavy atom. The lowest BCUT2D eigenvalue weighted by Crippen LogP contribution is -2.31. The molecule has 6 nitrogen and oxygen atoms in total. The monoisotopic (exact) mass is 398 g/mol. The predicted molar refractivity (Wildman–Crippen MR) is 110 cm³/mol. The lowest BCUT2D eigenvalue weighted by molar-refractivity contribution is -0.136. The molecule has 2 N–H and O–H groups in total. The minimum atomic E-state index is -0.557. The van der Waals surface area contributed by atoms with Gasteiger partial charge in [-0.2, -0.15) is 0 Å². The number of carbonyl (C=O) groups is 2. The lowest BCUT2D eigenvalue weighted by Gasteiger charge is -2.16. The van der Waals surface area contributed by atoms with Crippen LogP contribution in [0.25, 0.3) is 11.1 Å². The first-order valence-corrected chi connectivity index (χ1v) is 10.0. The Morgan fingerprint density at radius 3 is 2.57 bits per heavy atom. The number of anilines is 1. The third-order valence-electron chi connectivity index (χ3n) is 4.54. The quantitative estimate of drug-likeness (QED) is 0.552. The van der Waals surface area contributed by atoms with E-state index in [0.717, 1.165) is 21.7 Å². The number of hydrogen-bond donors (Lipinski definition) is 2. The largest absolute Gasteiger partial charge is 0.466 e. The molecule has 0 bridgehead atoms. The molecular formula is C21H22N2O4S. The molecule has 3 rings (SSSR count). The SMILES string of the molecule is COC(=O)C1=C(Nc2ccccc2-c2ccc(SC)cc2)C(=O)N(CCO)C1. The molecule has 0 spiro atoms. The van der Waals surface area contributed by atoms with Crippen molar-refractivity contribution in [1.82, 2.24) is 4.90 Å². The molecule has 7 heteroatoms. The van der Waals surface area contributed by atoms with E-state index in [4.69, 9.17) is 4.74 Å². The van der Waals surface area contributed by atoms with Crippen molar-refractivity contribution in [3.8, 4) is 11.1 Å². The second-order valence-corrected chi connectivity index (χ2v) is 7.07. The number of rotatable bonds is 7. The van der Waals surface area contributed by atoms with Crippen molar-refractivity contribution in [2.75, 3.05) is 38.4 Å². The highest BCUT2D eigenvalue weighted by atomic mass is 32.2. The second-order valence-electron chi connectivity index (χ2n) is 6.19. The average Bonchev–Trinajstić information content (AvgIpc) is 3.04. The van der Waals surface area contributed by atoms with E-state index < -0.39 is 5.97 Å². The fourth-order valence-electron chi connectivity index (χ4n) is 3.10. The molecule has 0 saturated heterocycles. The smallest absolute Gasteiger partial charge is 0.337 e. The maximum Gasteiger partial charge on any atom is 0.337 e. The van der Waals surface area contributed by atoms with Gasteiger partial charge in [-0.15, -0.1) is 11.8 Å². The van der Waals surface area contributed by atoms with Gasteiger partial charge in [0.2, 0.25) is 0 Å². The third kappa shape index (κ3) is 4.05. The molecule has 0 aliphatic carbocycles. The van der Waals surface area contributed by atoms with E-state index in [2.05, 4.69) is 5.32 Å². The summed E-state index contributed by atoms with van der Waals surface area (Å²) in [7, 11) is 1.29. The van der Waals surface area contributed by atoms with Gasteiger partial charge in [0.1, 0.15) is 5.70 Å². The van der Waals surface area contributed by atoms with Crippen LogP contribution in [0.4, 0.5) is 5.69 Å². The normalized spacial score (nSPS) is 13.8. The van der Waals surface area contributed by atoms with Gasteiger partial charge < -0.3 is 20.1 Å². The van der Waals surface area contributed by atoms with E-state index in [1.165, 1.54) is 12.0 Å². The van der Waals surface area contributed by atoms with Crippen molar-refractivity contribution in [1.29, 1.82) is 0 Å². The van der Waals surface area contributed by atoms with Crippen LogP contribution in [-0.4, -0.2) is 54.9 Å². The molecule has 28 heavy (non-hydrogen) atoms. The Hall–Kier alpha value is -2.77. The molecule has 1 heterocycles. The van der Waals surface area contributed by atoms with Crippen LogP contribution < -0.4 is 5.32 Å². The summed E-state index contributed by atoms with van der Waals surface area (Å²) < 4.78 is 4.84. The van der Waals surface area contributed by atoms with E-state index in [-0.39, 0.29) is 36.9 Å². The Balaban J connectivity index is 1.97. The van der Waals surface area contributed by atoms with Gasteiger partial charge in [0.15, 0.2) is 0 Å². The van der Waals surface area contributed by atoms with E-state index in [1.807, 2.05) is 54.8 Å². The van der Waals surface area contributed by atoms with E-state index in [9.17, 15) is 14.7 Å². The molecule has 1 aliphatic rings. The van der Waals surface area contributed by atoms with Crippen molar-refractivity contribution >= 4 is 29.3 Å². The van der Waals surface area contributed by atoms with Crippen LogP contribution in [0.5, 0.6) is 0 Å². The minimum absolute atomic E-state index is 0.110. The van der Waals surface area contributed by atoms with Crippen LogP contribution in [0.15, 0.2) is 64.7 Å². The molecule has 0 aromatic heterocycles. The highest BCUT2D eigenvalue weighted by Gasteiger charge is 2.34. The van der Waals surface area contributed by atoms with E-state index in [0.29, 0.717) is 0 Å². The highest BCUT2D eigenvalue weighted by molar-refractivity contribution is 7.98. The molecule has 1 aliphatic heterocycles. The van der Waals surface area contributed by atoms with Gasteiger partial charge in [-0.3, -0.25) is 4.79 Å². The minimum Gasteiger partial charge on any atom is -0.466 e. The maximum absolute atomic E-state index is 12.7. The molecular weight excluding hydrogens is 376 g/mol. The summed E-state index contributed by atoms with van der Waals surface area (Å²) in [4.78, 5) is 27.5. The molecule has 0 fully saturated rings. The zero-order valence-corrected chi connectivity index (χ0v) is 16.6. The van der Waals surface area contributed by atoms with Crippen LogP contribution in [0.1, 0.15) is 0 Å². The molecule has 0 saturated carbocycles. The van der Waals surface area contributed by atoms with Gasteiger partial charge in [0.25, 0.3) is 5.91 Å². The number of nitrogens with one attached hydrogen (secondary N) is 1. The topological polar surface area (TPSA) is 78.9 Å². The highest BCUT2D eigenvalue weighted by Crippen LogP contribution is 2.32. The van der Waals surface area contributed by atoms with E-state index in [1.54, 1.807) is 11.8 Å². The zero-order valence-electron chi connectivity index (χ0n) is 15.8. The number of hydrogen-bond acceptors (Lipinski definition) is 6. The molecule has 0 atom stereocenters. The Morgan fingerprint density at radius 2 is 1.93 bits per heavy atom. The zero-order chi connectivity index (χ0) is 20.1. The molecule has 2 aromatic rings. The molecule has 2 aromatic carbocycles. The molecule has 0 unspecified atom stereocenters. The van der Waals surface area contributed by atoms with Gasteiger partial charge in [-0.05, 0) is 30.0 Å². The Bertz CT molecular complexity index is 909. The van der Waals surface area contributed by atoms with Crippen LogP contribution >= 0.6 is 11.8 Å². The van der Waals surface area contributed by atoms with Crippen molar-refractivity contribution in [2.24, 2.45) is 0 Å². The summed E-state index contributed by atoms with van der Waals surface area (Å²) in [6.07, 6.45) is 2.02. The number of nitrogens with zero attached hydrogens (tertiary/aromatic N) is 1. The number of thioether (sulfide) groups is 1. The van der Waals surface area contributed by atoms with Crippen LogP contribution in [-0.2, 0) is 14.3 Å². The van der Waals surface area contributed by atoms with Crippen LogP contribution in [0, 0.1) is 0 Å². The predicted octanol–water partition coefficient (Wildman–Crippen LogP) is 2.75. The summed E-state index contributed by atoms with van der Waals surface area (Å²) in [5.41, 5.74) is 3.08. The summed E-state index contributed by atoms with van der Waals surface area (Å²) in [6, 6.07) is 15.7. The number of carbonyl (C=O) groups excluding carboxylic acids is 2. The maximum atomic E-state index is 12.7. The standard InChI is InChI=1S/C21H22N2O4S/c1-27-21(26)17-13-23(11-12-24)20(25)19(17)22-18-6-4-3-5-16(18)14-7-9-15(28-2)10-8-14/h3-10,22,24H,11-13H2,1-2H3. The summed E-state index contributed by atoms with van der Waals surface area (Å²) in [5, 5.41) is 12.3. The second kappa shape index (κ2) is 8.95. The van der Waals surface area contributed by atoms with Crippen molar-refractivity contribution in [2.45, 2.75) is 4.90 Å². The fraction of sp³-hybridized carbons (Fsp3) is 0.238. The number of amides is 1. The number of esters is 1. The number of benzene rings is 2. The lowest BCUT2D eigenvalue weighted by atomic mass is 10.0. The van der Waals surface area contributed by atoms with Crippen molar-refractivity contribution in [3.05, 3.63) is 59.8 Å². The first-order chi connectivity index (χ1) is 13.6.